The van der Waals surface area contributed by atoms with E-state index in [0.717, 1.165) is 23.9 Å². The first-order chi connectivity index (χ1) is 10.2. The van der Waals surface area contributed by atoms with Crippen molar-refractivity contribution in [3.63, 3.8) is 0 Å². The molecule has 3 rings (SSSR count). The van der Waals surface area contributed by atoms with Gasteiger partial charge in [0, 0.05) is 48.5 Å². The minimum absolute atomic E-state index is 0.0870. The first kappa shape index (κ1) is 14.2. The van der Waals surface area contributed by atoms with Crippen molar-refractivity contribution in [1.82, 2.24) is 9.88 Å². The van der Waals surface area contributed by atoms with Crippen LogP contribution in [0.1, 0.15) is 0 Å². The van der Waals surface area contributed by atoms with Crippen LogP contribution < -0.4 is 10.2 Å². The molecule has 110 valence electrons. The Hall–Kier alpha value is -1.79. The minimum atomic E-state index is -0.0870. The average Bonchev–Trinajstić information content (AvgIpc) is 3.01. The maximum Gasteiger partial charge on any atom is 0.321 e. The third-order valence-electron chi connectivity index (χ3n) is 3.33. The number of amides is 2. The molecule has 0 atom stereocenters. The molecule has 0 spiro atoms. The van der Waals surface area contributed by atoms with E-state index >= 15 is 0 Å². The lowest BCUT2D eigenvalue weighted by Gasteiger charge is -2.34. The third-order valence-corrected chi connectivity index (χ3v) is 4.40. The van der Waals surface area contributed by atoms with Crippen molar-refractivity contribution in [2.75, 3.05) is 36.4 Å². The number of anilines is 2. The number of piperazine rings is 1. The highest BCUT2D eigenvalue weighted by molar-refractivity contribution is 7.13. The van der Waals surface area contributed by atoms with Gasteiger partial charge in [0.25, 0.3) is 0 Å². The van der Waals surface area contributed by atoms with Crippen LogP contribution in [0.4, 0.5) is 15.6 Å². The number of benzene rings is 1. The molecule has 0 aliphatic carbocycles. The number of aromatic nitrogens is 1. The van der Waals surface area contributed by atoms with E-state index in [1.165, 1.54) is 0 Å². The molecule has 2 heterocycles. The molecule has 1 aromatic carbocycles. The molecule has 1 N–H and O–H groups in total. The second-order valence-electron chi connectivity index (χ2n) is 4.73. The molecule has 0 unspecified atom stereocenters. The van der Waals surface area contributed by atoms with Gasteiger partial charge in [-0.1, -0.05) is 17.7 Å². The fourth-order valence-corrected chi connectivity index (χ4v) is 3.13. The molecule has 1 aliphatic heterocycles. The molecular weight excluding hydrogens is 308 g/mol. The second-order valence-corrected chi connectivity index (χ2v) is 6.04. The van der Waals surface area contributed by atoms with Crippen LogP contribution in [0.25, 0.3) is 0 Å². The molecule has 2 amide bonds. The first-order valence-corrected chi connectivity index (χ1v) is 7.94. The van der Waals surface area contributed by atoms with Crippen LogP contribution in [-0.2, 0) is 0 Å². The Morgan fingerprint density at radius 2 is 2.10 bits per heavy atom. The fourth-order valence-electron chi connectivity index (χ4n) is 2.24. The Kier molecular flexibility index (Phi) is 4.26. The Morgan fingerprint density at radius 1 is 1.29 bits per heavy atom. The number of thiazole rings is 1. The normalized spacial score (nSPS) is 15.1. The molecule has 0 bridgehead atoms. The van der Waals surface area contributed by atoms with E-state index in [2.05, 4.69) is 15.2 Å². The van der Waals surface area contributed by atoms with Gasteiger partial charge in [0.05, 0.1) is 0 Å². The smallest absolute Gasteiger partial charge is 0.321 e. The first-order valence-electron chi connectivity index (χ1n) is 6.68. The van der Waals surface area contributed by atoms with Crippen molar-refractivity contribution in [1.29, 1.82) is 0 Å². The molecule has 7 heteroatoms. The van der Waals surface area contributed by atoms with Crippen molar-refractivity contribution < 1.29 is 4.79 Å². The summed E-state index contributed by atoms with van der Waals surface area (Å²) in [6, 6.07) is 7.08. The van der Waals surface area contributed by atoms with Crippen LogP contribution in [0, 0.1) is 0 Å². The molecule has 0 radical (unpaired) electrons. The summed E-state index contributed by atoms with van der Waals surface area (Å²) in [5.41, 5.74) is 0.717. The summed E-state index contributed by atoms with van der Waals surface area (Å²) in [4.78, 5) is 20.5. The van der Waals surface area contributed by atoms with E-state index < -0.39 is 0 Å². The highest BCUT2D eigenvalue weighted by Crippen LogP contribution is 2.20. The highest BCUT2D eigenvalue weighted by atomic mass is 35.5. The van der Waals surface area contributed by atoms with Crippen LogP contribution in [-0.4, -0.2) is 42.1 Å². The highest BCUT2D eigenvalue weighted by Gasteiger charge is 2.22. The van der Waals surface area contributed by atoms with Crippen LogP contribution in [0.15, 0.2) is 35.8 Å². The number of carbonyl (C=O) groups is 1. The predicted octanol–water partition coefficient (Wildman–Crippen LogP) is 3.15. The summed E-state index contributed by atoms with van der Waals surface area (Å²) in [7, 11) is 0. The number of rotatable bonds is 2. The lowest BCUT2D eigenvalue weighted by Crippen LogP contribution is -2.50. The number of halogens is 1. The molecule has 1 fully saturated rings. The van der Waals surface area contributed by atoms with Crippen molar-refractivity contribution in [2.24, 2.45) is 0 Å². The predicted molar refractivity (Wildman–Crippen MR) is 86.4 cm³/mol. The molecule has 1 aliphatic rings. The molecule has 1 aromatic heterocycles. The minimum Gasteiger partial charge on any atom is -0.345 e. The van der Waals surface area contributed by atoms with E-state index in [1.807, 2.05) is 22.4 Å². The number of carbonyl (C=O) groups excluding carboxylic acids is 1. The summed E-state index contributed by atoms with van der Waals surface area (Å²) >= 11 is 7.54. The number of nitrogens with one attached hydrogen (secondary N) is 1. The van der Waals surface area contributed by atoms with Gasteiger partial charge >= 0.3 is 6.03 Å². The van der Waals surface area contributed by atoms with E-state index in [0.29, 0.717) is 18.1 Å². The van der Waals surface area contributed by atoms with Crippen molar-refractivity contribution in [2.45, 2.75) is 0 Å². The Labute approximate surface area is 132 Å². The summed E-state index contributed by atoms with van der Waals surface area (Å²) in [5.74, 6) is 0. The van der Waals surface area contributed by atoms with Gasteiger partial charge in [0.15, 0.2) is 5.13 Å². The summed E-state index contributed by atoms with van der Waals surface area (Å²) in [5, 5.41) is 6.47. The van der Waals surface area contributed by atoms with Gasteiger partial charge in [-0.25, -0.2) is 9.78 Å². The summed E-state index contributed by atoms with van der Waals surface area (Å²) < 4.78 is 0. The molecular formula is C14H15ClN4OS. The largest absolute Gasteiger partial charge is 0.345 e. The number of hydrogen-bond donors (Lipinski definition) is 1. The molecule has 5 nitrogen and oxygen atoms in total. The average molecular weight is 323 g/mol. The molecule has 1 saturated heterocycles. The van der Waals surface area contributed by atoms with Gasteiger partial charge in [0.1, 0.15) is 0 Å². The van der Waals surface area contributed by atoms with Gasteiger partial charge in [-0.05, 0) is 18.2 Å². The van der Waals surface area contributed by atoms with E-state index in [9.17, 15) is 4.79 Å². The zero-order chi connectivity index (χ0) is 14.7. The van der Waals surface area contributed by atoms with E-state index in [-0.39, 0.29) is 6.03 Å². The maximum atomic E-state index is 12.2. The quantitative estimate of drug-likeness (QED) is 0.924. The number of urea groups is 1. The lowest BCUT2D eigenvalue weighted by molar-refractivity contribution is 0.208. The lowest BCUT2D eigenvalue weighted by atomic mass is 10.3. The van der Waals surface area contributed by atoms with Gasteiger partial charge in [0.2, 0.25) is 0 Å². The number of hydrogen-bond acceptors (Lipinski definition) is 4. The van der Waals surface area contributed by atoms with E-state index in [1.54, 1.807) is 29.7 Å². The Morgan fingerprint density at radius 3 is 2.76 bits per heavy atom. The van der Waals surface area contributed by atoms with Gasteiger partial charge < -0.3 is 15.1 Å². The van der Waals surface area contributed by atoms with Crippen LogP contribution >= 0.6 is 22.9 Å². The zero-order valence-corrected chi connectivity index (χ0v) is 12.9. The maximum absolute atomic E-state index is 12.2. The van der Waals surface area contributed by atoms with Gasteiger partial charge in [-0.3, -0.25) is 0 Å². The van der Waals surface area contributed by atoms with Crippen LogP contribution in [0.2, 0.25) is 5.02 Å². The van der Waals surface area contributed by atoms with Crippen LogP contribution in [0.3, 0.4) is 0 Å². The summed E-state index contributed by atoms with van der Waals surface area (Å²) in [6.07, 6.45) is 1.80. The number of nitrogens with zero attached hydrogens (tertiary/aromatic N) is 3. The van der Waals surface area contributed by atoms with Crippen molar-refractivity contribution >= 4 is 39.8 Å². The summed E-state index contributed by atoms with van der Waals surface area (Å²) in [6.45, 7) is 2.98. The monoisotopic (exact) mass is 322 g/mol. The molecule has 2 aromatic rings. The van der Waals surface area contributed by atoms with Crippen molar-refractivity contribution in [3.8, 4) is 0 Å². The standard InChI is InChI=1S/C14H15ClN4OS/c15-11-2-1-3-12(10-11)17-13(20)18-5-7-19(8-6-18)14-16-4-9-21-14/h1-4,9-10H,5-8H2,(H,17,20). The third kappa shape index (κ3) is 3.46. The molecule has 0 saturated carbocycles. The van der Waals surface area contributed by atoms with Gasteiger partial charge in [-0.15, -0.1) is 11.3 Å². The zero-order valence-electron chi connectivity index (χ0n) is 11.3. The van der Waals surface area contributed by atoms with Gasteiger partial charge in [-0.2, -0.15) is 0 Å². The SMILES string of the molecule is O=C(Nc1cccc(Cl)c1)N1CCN(c2nccs2)CC1. The Bertz CT molecular complexity index is 611. The fraction of sp³-hybridized carbons (Fsp3) is 0.286. The van der Waals surface area contributed by atoms with Crippen LogP contribution in [0.5, 0.6) is 0 Å². The Balaban J connectivity index is 1.55. The molecule has 21 heavy (non-hydrogen) atoms. The van der Waals surface area contributed by atoms with E-state index in [4.69, 9.17) is 11.6 Å². The topological polar surface area (TPSA) is 48.5 Å². The second kappa shape index (κ2) is 6.32. The van der Waals surface area contributed by atoms with Crippen molar-refractivity contribution in [3.05, 3.63) is 40.9 Å².